The summed E-state index contributed by atoms with van der Waals surface area (Å²) in [7, 11) is 0. The number of hydrogen-bond acceptors (Lipinski definition) is 4. The third kappa shape index (κ3) is 3.52. The van der Waals surface area contributed by atoms with Crippen LogP contribution in [0.5, 0.6) is 0 Å². The standard InChI is InChI=1S/C16H15ClN2S2/c1-11(12-4-2-8-18-10-12)19-16(13-5-3-9-20-13)14-6-7-15(17)21-14/h2-11,16,19H,1H3. The first-order valence-electron chi connectivity index (χ1n) is 6.68. The van der Waals surface area contributed by atoms with E-state index in [1.54, 1.807) is 28.9 Å². The number of hydrogen-bond donors (Lipinski definition) is 1. The van der Waals surface area contributed by atoms with E-state index in [4.69, 9.17) is 11.6 Å². The largest absolute Gasteiger partial charge is 0.298 e. The molecule has 0 aliphatic rings. The molecule has 0 saturated carbocycles. The van der Waals surface area contributed by atoms with Gasteiger partial charge in [0.1, 0.15) is 0 Å². The number of aromatic nitrogens is 1. The monoisotopic (exact) mass is 334 g/mol. The van der Waals surface area contributed by atoms with Crippen LogP contribution in [0.2, 0.25) is 4.34 Å². The maximum Gasteiger partial charge on any atom is 0.0931 e. The zero-order valence-corrected chi connectivity index (χ0v) is 13.9. The lowest BCUT2D eigenvalue weighted by Gasteiger charge is -2.22. The number of halogens is 1. The maximum absolute atomic E-state index is 6.10. The fourth-order valence-corrected chi connectivity index (χ4v) is 4.24. The van der Waals surface area contributed by atoms with Crippen LogP contribution >= 0.6 is 34.3 Å². The highest BCUT2D eigenvalue weighted by Crippen LogP contribution is 2.34. The van der Waals surface area contributed by atoms with E-state index in [0.717, 1.165) is 4.34 Å². The van der Waals surface area contributed by atoms with Crippen molar-refractivity contribution in [2.45, 2.75) is 19.0 Å². The molecule has 3 aromatic heterocycles. The SMILES string of the molecule is CC(NC(c1cccs1)c1ccc(Cl)s1)c1cccnc1. The van der Waals surface area contributed by atoms with Crippen LogP contribution < -0.4 is 5.32 Å². The lowest BCUT2D eigenvalue weighted by molar-refractivity contribution is 0.525. The Labute approximate surface area is 137 Å². The molecule has 0 fully saturated rings. The first-order valence-corrected chi connectivity index (χ1v) is 8.76. The van der Waals surface area contributed by atoms with Crippen LogP contribution in [0.1, 0.15) is 34.3 Å². The third-order valence-corrected chi connectivity index (χ3v) is 5.54. The van der Waals surface area contributed by atoms with Crippen LogP contribution in [0, 0.1) is 0 Å². The minimum Gasteiger partial charge on any atom is -0.298 e. The predicted molar refractivity (Wildman–Crippen MR) is 91.3 cm³/mol. The Morgan fingerprint density at radius 1 is 1.14 bits per heavy atom. The van der Waals surface area contributed by atoms with E-state index in [1.807, 2.05) is 18.3 Å². The summed E-state index contributed by atoms with van der Waals surface area (Å²) in [4.78, 5) is 6.73. The molecule has 0 aliphatic heterocycles. The number of pyridine rings is 1. The van der Waals surface area contributed by atoms with E-state index in [0.29, 0.717) is 0 Å². The molecule has 2 nitrogen and oxygen atoms in total. The van der Waals surface area contributed by atoms with Crippen LogP contribution in [0.25, 0.3) is 0 Å². The highest BCUT2D eigenvalue weighted by atomic mass is 35.5. The van der Waals surface area contributed by atoms with Gasteiger partial charge >= 0.3 is 0 Å². The van der Waals surface area contributed by atoms with E-state index in [2.05, 4.69) is 46.9 Å². The fourth-order valence-electron chi connectivity index (χ4n) is 2.22. The second-order valence-corrected chi connectivity index (χ2v) is 7.49. The Morgan fingerprint density at radius 3 is 2.67 bits per heavy atom. The molecule has 2 atom stereocenters. The highest BCUT2D eigenvalue weighted by molar-refractivity contribution is 7.16. The topological polar surface area (TPSA) is 24.9 Å². The van der Waals surface area contributed by atoms with Gasteiger partial charge in [-0.1, -0.05) is 23.7 Å². The van der Waals surface area contributed by atoms with E-state index in [1.165, 1.54) is 15.3 Å². The normalized spacial score (nSPS) is 14.0. The van der Waals surface area contributed by atoms with Crippen molar-refractivity contribution in [2.24, 2.45) is 0 Å². The van der Waals surface area contributed by atoms with E-state index >= 15 is 0 Å². The first-order chi connectivity index (χ1) is 10.2. The van der Waals surface area contributed by atoms with E-state index in [-0.39, 0.29) is 12.1 Å². The summed E-state index contributed by atoms with van der Waals surface area (Å²) in [6.07, 6.45) is 3.70. The van der Waals surface area contributed by atoms with Crippen molar-refractivity contribution in [3.63, 3.8) is 0 Å². The first kappa shape index (κ1) is 14.7. The second-order valence-electron chi connectivity index (χ2n) is 4.77. The Morgan fingerprint density at radius 2 is 2.05 bits per heavy atom. The maximum atomic E-state index is 6.10. The summed E-state index contributed by atoms with van der Waals surface area (Å²) in [5.41, 5.74) is 1.18. The molecule has 0 aromatic carbocycles. The summed E-state index contributed by atoms with van der Waals surface area (Å²) in [6, 6.07) is 12.7. The van der Waals surface area contributed by atoms with Crippen molar-refractivity contribution in [1.29, 1.82) is 0 Å². The molecule has 0 saturated heterocycles. The van der Waals surface area contributed by atoms with Crippen LogP contribution in [0.15, 0.2) is 54.2 Å². The molecule has 21 heavy (non-hydrogen) atoms. The minimum atomic E-state index is 0.165. The zero-order chi connectivity index (χ0) is 14.7. The van der Waals surface area contributed by atoms with Gasteiger partial charge in [0.2, 0.25) is 0 Å². The zero-order valence-electron chi connectivity index (χ0n) is 11.5. The molecule has 0 spiro atoms. The summed E-state index contributed by atoms with van der Waals surface area (Å²) in [5, 5.41) is 5.79. The summed E-state index contributed by atoms with van der Waals surface area (Å²) in [5.74, 6) is 0. The van der Waals surface area contributed by atoms with Gasteiger partial charge in [0.15, 0.2) is 0 Å². The van der Waals surface area contributed by atoms with E-state index in [9.17, 15) is 0 Å². The Bertz CT molecular complexity index is 679. The molecule has 0 aliphatic carbocycles. The average molecular weight is 335 g/mol. The molecule has 2 unspecified atom stereocenters. The van der Waals surface area contributed by atoms with E-state index < -0.39 is 0 Å². The molecular weight excluding hydrogens is 320 g/mol. The Hall–Kier alpha value is -1.20. The smallest absolute Gasteiger partial charge is 0.0931 e. The quantitative estimate of drug-likeness (QED) is 0.685. The van der Waals surface area contributed by atoms with Crippen molar-refractivity contribution < 1.29 is 0 Å². The molecule has 0 radical (unpaired) electrons. The van der Waals surface area contributed by atoms with Crippen molar-refractivity contribution >= 4 is 34.3 Å². The summed E-state index contributed by atoms with van der Waals surface area (Å²) in [6.45, 7) is 2.16. The molecule has 108 valence electrons. The van der Waals surface area contributed by atoms with Gasteiger partial charge in [0.05, 0.1) is 10.4 Å². The minimum absolute atomic E-state index is 0.165. The van der Waals surface area contributed by atoms with Crippen LogP contribution in [0.3, 0.4) is 0 Å². The molecule has 5 heteroatoms. The summed E-state index contributed by atoms with van der Waals surface area (Å²) >= 11 is 9.49. The predicted octanol–water partition coefficient (Wildman–Crippen LogP) is 5.30. The third-order valence-electron chi connectivity index (χ3n) is 3.31. The van der Waals surface area contributed by atoms with Gasteiger partial charge in [0.25, 0.3) is 0 Å². The van der Waals surface area contributed by atoms with Gasteiger partial charge < -0.3 is 0 Å². The highest BCUT2D eigenvalue weighted by Gasteiger charge is 2.20. The van der Waals surface area contributed by atoms with Crippen LogP contribution in [0.4, 0.5) is 0 Å². The summed E-state index contributed by atoms with van der Waals surface area (Å²) < 4.78 is 0.822. The van der Waals surface area contributed by atoms with Gasteiger partial charge in [-0.15, -0.1) is 22.7 Å². The Kier molecular flexibility index (Phi) is 4.70. The van der Waals surface area contributed by atoms with Gasteiger partial charge in [-0.3, -0.25) is 10.3 Å². The van der Waals surface area contributed by atoms with Gasteiger partial charge in [-0.25, -0.2) is 0 Å². The second kappa shape index (κ2) is 6.71. The molecule has 0 bridgehead atoms. The van der Waals surface area contributed by atoms with Gasteiger partial charge in [-0.05, 0) is 42.1 Å². The molecule has 0 amide bonds. The van der Waals surface area contributed by atoms with Gasteiger partial charge in [-0.2, -0.15) is 0 Å². The number of nitrogens with one attached hydrogen (secondary N) is 1. The molecule has 3 rings (SSSR count). The average Bonchev–Trinajstić information content (AvgIpc) is 3.17. The lowest BCUT2D eigenvalue weighted by atomic mass is 10.1. The van der Waals surface area contributed by atoms with Gasteiger partial charge in [0, 0.05) is 28.2 Å². The van der Waals surface area contributed by atoms with Crippen molar-refractivity contribution in [1.82, 2.24) is 10.3 Å². The van der Waals surface area contributed by atoms with Crippen molar-refractivity contribution in [2.75, 3.05) is 0 Å². The fraction of sp³-hybridized carbons (Fsp3) is 0.188. The molecule has 1 N–H and O–H groups in total. The Balaban J connectivity index is 1.86. The van der Waals surface area contributed by atoms with Crippen LogP contribution in [-0.4, -0.2) is 4.98 Å². The van der Waals surface area contributed by atoms with Crippen LogP contribution in [-0.2, 0) is 0 Å². The number of rotatable bonds is 5. The molecule has 3 heterocycles. The van der Waals surface area contributed by atoms with Crippen molar-refractivity contribution in [3.05, 3.63) is 73.8 Å². The van der Waals surface area contributed by atoms with Crippen molar-refractivity contribution in [3.8, 4) is 0 Å². The number of nitrogens with zero attached hydrogens (tertiary/aromatic N) is 1. The number of thiophene rings is 2. The molecular formula is C16H15ClN2S2. The lowest BCUT2D eigenvalue weighted by Crippen LogP contribution is -2.24. The molecule has 3 aromatic rings.